The number of halogens is 2. The van der Waals surface area contributed by atoms with Gasteiger partial charge in [0.1, 0.15) is 10.9 Å². The number of fused-ring (bicyclic) bond motifs is 5. The summed E-state index contributed by atoms with van der Waals surface area (Å²) in [5.74, 6) is -0.293. The number of pyridine rings is 1. The number of benzene rings is 2. The summed E-state index contributed by atoms with van der Waals surface area (Å²) >= 11 is 6.49. The predicted octanol–water partition coefficient (Wildman–Crippen LogP) is 4.08. The molecule has 0 aliphatic rings. The molecule has 5 aromatic rings. The summed E-state index contributed by atoms with van der Waals surface area (Å²) in [6.07, 6.45) is 1.21. The van der Waals surface area contributed by atoms with Gasteiger partial charge in [-0.25, -0.2) is 9.78 Å². The van der Waals surface area contributed by atoms with E-state index in [-0.39, 0.29) is 6.54 Å². The van der Waals surface area contributed by atoms with E-state index in [1.54, 1.807) is 7.11 Å². The molecule has 162 valence electrons. The number of H-pyrrole nitrogens is 1. The van der Waals surface area contributed by atoms with Gasteiger partial charge in [-0.15, -0.1) is 0 Å². The van der Waals surface area contributed by atoms with Crippen LogP contribution in [0.15, 0.2) is 58.3 Å². The molecule has 5 rings (SSSR count). The average Bonchev–Trinajstić information content (AvgIpc) is 3.11. The van der Waals surface area contributed by atoms with Gasteiger partial charge < -0.3 is 14.3 Å². The van der Waals surface area contributed by atoms with Crippen LogP contribution in [0.2, 0.25) is 5.15 Å². The standard InChI is InChI=1S/C23H18ClFN4O3/c1-32-13-7-8-18-16(11-13)19-20(14-5-2-3-6-15(14)21(24)27-19)28(18)9-4-10-29-22(30)17(25)12-26-23(29)31/h2-3,5-8,11-12H,4,9-10H2,1H3,(H,26,31). The number of aromatic amines is 1. The molecule has 9 heteroatoms. The van der Waals surface area contributed by atoms with E-state index in [9.17, 15) is 14.0 Å². The Morgan fingerprint density at radius 2 is 1.81 bits per heavy atom. The molecule has 0 amide bonds. The molecule has 0 atom stereocenters. The van der Waals surface area contributed by atoms with Crippen LogP contribution in [0.1, 0.15) is 6.42 Å². The van der Waals surface area contributed by atoms with Crippen LogP contribution in [0, 0.1) is 5.82 Å². The molecule has 0 bridgehead atoms. The molecule has 0 saturated carbocycles. The highest BCUT2D eigenvalue weighted by molar-refractivity contribution is 6.36. The molecule has 2 aromatic carbocycles. The maximum Gasteiger partial charge on any atom is 0.328 e. The third-order valence-electron chi connectivity index (χ3n) is 5.64. The maximum atomic E-state index is 13.6. The van der Waals surface area contributed by atoms with Crippen molar-refractivity contribution in [3.05, 3.63) is 80.5 Å². The van der Waals surface area contributed by atoms with Crippen molar-refractivity contribution in [3.8, 4) is 5.75 Å². The molecule has 0 fully saturated rings. The van der Waals surface area contributed by atoms with Crippen LogP contribution in [-0.2, 0) is 13.1 Å². The summed E-state index contributed by atoms with van der Waals surface area (Å²) in [6, 6.07) is 13.5. The van der Waals surface area contributed by atoms with E-state index in [4.69, 9.17) is 16.3 Å². The Balaban J connectivity index is 1.68. The molecule has 0 aliphatic heterocycles. The number of ether oxygens (including phenoxy) is 1. The van der Waals surface area contributed by atoms with Gasteiger partial charge in [0.2, 0.25) is 5.82 Å². The van der Waals surface area contributed by atoms with Crippen LogP contribution < -0.4 is 16.0 Å². The quantitative estimate of drug-likeness (QED) is 0.407. The van der Waals surface area contributed by atoms with Gasteiger partial charge in [0.15, 0.2) is 0 Å². The van der Waals surface area contributed by atoms with Crippen LogP contribution >= 0.6 is 11.6 Å². The smallest absolute Gasteiger partial charge is 0.328 e. The average molecular weight is 453 g/mol. The number of nitrogens with zero attached hydrogens (tertiary/aromatic N) is 3. The fourth-order valence-electron chi connectivity index (χ4n) is 4.17. The number of rotatable bonds is 5. The van der Waals surface area contributed by atoms with Gasteiger partial charge >= 0.3 is 5.69 Å². The van der Waals surface area contributed by atoms with Gasteiger partial charge in [-0.2, -0.15) is 4.39 Å². The lowest BCUT2D eigenvalue weighted by Crippen LogP contribution is -2.36. The molecule has 0 radical (unpaired) electrons. The van der Waals surface area contributed by atoms with Crippen molar-refractivity contribution in [1.29, 1.82) is 0 Å². The molecule has 3 aromatic heterocycles. The highest BCUT2D eigenvalue weighted by Crippen LogP contribution is 2.37. The van der Waals surface area contributed by atoms with E-state index >= 15 is 0 Å². The van der Waals surface area contributed by atoms with Gasteiger partial charge in [-0.05, 0) is 24.6 Å². The van der Waals surface area contributed by atoms with E-state index in [0.29, 0.717) is 23.9 Å². The second-order valence-electron chi connectivity index (χ2n) is 7.43. The summed E-state index contributed by atoms with van der Waals surface area (Å²) in [5, 5.41) is 3.06. The summed E-state index contributed by atoms with van der Waals surface area (Å²) in [4.78, 5) is 30.9. The Kier molecular flexibility index (Phi) is 4.94. The fraction of sp³-hybridized carbons (Fsp3) is 0.174. The molecule has 7 nitrogen and oxygen atoms in total. The molecule has 1 N–H and O–H groups in total. The van der Waals surface area contributed by atoms with Crippen LogP contribution in [0.5, 0.6) is 5.75 Å². The van der Waals surface area contributed by atoms with Crippen molar-refractivity contribution in [1.82, 2.24) is 19.1 Å². The molecule has 0 spiro atoms. The van der Waals surface area contributed by atoms with Crippen LogP contribution in [0.25, 0.3) is 32.7 Å². The van der Waals surface area contributed by atoms with E-state index in [1.807, 2.05) is 42.5 Å². The summed E-state index contributed by atoms with van der Waals surface area (Å²) in [5.41, 5.74) is 0.986. The minimum Gasteiger partial charge on any atom is -0.497 e. The fourth-order valence-corrected chi connectivity index (χ4v) is 4.41. The first-order valence-corrected chi connectivity index (χ1v) is 10.4. The largest absolute Gasteiger partial charge is 0.497 e. The number of hydrogen-bond donors (Lipinski definition) is 1. The lowest BCUT2D eigenvalue weighted by Gasteiger charge is -2.10. The Hall–Kier alpha value is -3.65. The van der Waals surface area contributed by atoms with Crippen molar-refractivity contribution >= 4 is 44.3 Å². The molecular weight excluding hydrogens is 435 g/mol. The normalized spacial score (nSPS) is 11.6. The Labute approximate surface area is 185 Å². The van der Waals surface area contributed by atoms with Crippen molar-refractivity contribution in [2.24, 2.45) is 0 Å². The van der Waals surface area contributed by atoms with E-state index in [2.05, 4.69) is 14.5 Å². The Morgan fingerprint density at radius 3 is 2.59 bits per heavy atom. The lowest BCUT2D eigenvalue weighted by molar-refractivity contribution is 0.415. The minimum absolute atomic E-state index is 0.0716. The van der Waals surface area contributed by atoms with Gasteiger partial charge in [-0.1, -0.05) is 35.9 Å². The maximum absolute atomic E-state index is 13.6. The van der Waals surface area contributed by atoms with Crippen LogP contribution in [-0.4, -0.2) is 26.2 Å². The summed E-state index contributed by atoms with van der Waals surface area (Å²) < 4.78 is 22.0. The van der Waals surface area contributed by atoms with Crippen molar-refractivity contribution in [2.75, 3.05) is 7.11 Å². The van der Waals surface area contributed by atoms with Gasteiger partial charge in [-0.3, -0.25) is 9.36 Å². The number of hydrogen-bond acceptors (Lipinski definition) is 4. The molecule has 3 heterocycles. The van der Waals surface area contributed by atoms with Crippen LogP contribution in [0.4, 0.5) is 4.39 Å². The third-order valence-corrected chi connectivity index (χ3v) is 5.93. The van der Waals surface area contributed by atoms with E-state index in [1.165, 1.54) is 0 Å². The highest BCUT2D eigenvalue weighted by Gasteiger charge is 2.17. The number of methoxy groups -OCH3 is 1. The zero-order chi connectivity index (χ0) is 22.4. The Bertz CT molecular complexity index is 1620. The van der Waals surface area contributed by atoms with E-state index < -0.39 is 17.1 Å². The summed E-state index contributed by atoms with van der Waals surface area (Å²) in [7, 11) is 1.60. The predicted molar refractivity (Wildman–Crippen MR) is 122 cm³/mol. The highest BCUT2D eigenvalue weighted by atomic mass is 35.5. The first kappa shape index (κ1) is 20.3. The first-order chi connectivity index (χ1) is 15.5. The zero-order valence-corrected chi connectivity index (χ0v) is 17.8. The molecule has 0 saturated heterocycles. The van der Waals surface area contributed by atoms with Crippen molar-refractivity contribution in [3.63, 3.8) is 0 Å². The van der Waals surface area contributed by atoms with Crippen LogP contribution in [0.3, 0.4) is 0 Å². The Morgan fingerprint density at radius 1 is 1.06 bits per heavy atom. The topological polar surface area (TPSA) is 81.9 Å². The zero-order valence-electron chi connectivity index (χ0n) is 17.1. The number of aromatic nitrogens is 4. The molecule has 0 aliphatic carbocycles. The third kappa shape index (κ3) is 3.15. The number of nitrogens with one attached hydrogen (secondary N) is 1. The summed E-state index contributed by atoms with van der Waals surface area (Å²) in [6.45, 7) is 0.546. The molecule has 0 unspecified atom stereocenters. The molecular formula is C23H18ClFN4O3. The second kappa shape index (κ2) is 7.80. The lowest BCUT2D eigenvalue weighted by atomic mass is 10.1. The van der Waals surface area contributed by atoms with Crippen molar-refractivity contribution in [2.45, 2.75) is 19.5 Å². The first-order valence-electron chi connectivity index (χ1n) is 10.0. The minimum atomic E-state index is -0.988. The molecule has 32 heavy (non-hydrogen) atoms. The monoisotopic (exact) mass is 452 g/mol. The van der Waals surface area contributed by atoms with E-state index in [0.717, 1.165) is 43.5 Å². The second-order valence-corrected chi connectivity index (χ2v) is 7.79. The SMILES string of the molecule is COc1ccc2c(c1)c1nc(Cl)c3ccccc3c1n2CCCn1c(=O)[nH]cc(F)c1=O. The van der Waals surface area contributed by atoms with Crippen molar-refractivity contribution < 1.29 is 9.13 Å². The van der Waals surface area contributed by atoms with Gasteiger partial charge in [0.25, 0.3) is 5.56 Å². The van der Waals surface area contributed by atoms with Gasteiger partial charge in [0.05, 0.1) is 23.7 Å². The van der Waals surface area contributed by atoms with Gasteiger partial charge in [0, 0.05) is 35.4 Å². The number of aryl methyl sites for hydroxylation is 1.